The zero-order valence-electron chi connectivity index (χ0n) is 13.4. The molecule has 0 radical (unpaired) electrons. The van der Waals surface area contributed by atoms with Crippen molar-refractivity contribution in [2.45, 2.75) is 0 Å². The summed E-state index contributed by atoms with van der Waals surface area (Å²) in [7, 11) is 0. The number of hydrogen-bond acceptors (Lipinski definition) is 5. The summed E-state index contributed by atoms with van der Waals surface area (Å²) >= 11 is 11.9. The van der Waals surface area contributed by atoms with Crippen LogP contribution in [0.15, 0.2) is 54.2 Å². The second kappa shape index (κ2) is 7.78. The van der Waals surface area contributed by atoms with E-state index in [1.165, 1.54) is 6.08 Å². The van der Waals surface area contributed by atoms with Gasteiger partial charge >= 0.3 is 0 Å². The zero-order valence-corrected chi connectivity index (χ0v) is 14.9. The highest BCUT2D eigenvalue weighted by Crippen LogP contribution is 2.34. The average molecular weight is 393 g/mol. The summed E-state index contributed by atoms with van der Waals surface area (Å²) in [4.78, 5) is 25.1. The molecule has 0 aliphatic carbocycles. The van der Waals surface area contributed by atoms with Crippen molar-refractivity contribution < 1.29 is 19.4 Å². The molecule has 0 saturated heterocycles. The molecule has 2 aromatic carbocycles. The van der Waals surface area contributed by atoms with Gasteiger partial charge in [-0.15, -0.1) is 0 Å². The van der Waals surface area contributed by atoms with Crippen LogP contribution in [0.4, 0.5) is 5.69 Å². The van der Waals surface area contributed by atoms with Crippen molar-refractivity contribution in [1.82, 2.24) is 4.90 Å². The lowest BCUT2D eigenvalue weighted by atomic mass is 10.2. The quantitative estimate of drug-likeness (QED) is 0.736. The Kier molecular flexibility index (Phi) is 5.46. The zero-order chi connectivity index (χ0) is 18.7. The van der Waals surface area contributed by atoms with E-state index in [0.717, 1.165) is 4.90 Å². The molecule has 0 bridgehead atoms. The fourth-order valence-corrected chi connectivity index (χ4v) is 2.67. The van der Waals surface area contributed by atoms with Gasteiger partial charge in [0, 0.05) is 16.1 Å². The van der Waals surface area contributed by atoms with Crippen LogP contribution in [0.5, 0.6) is 11.5 Å². The van der Waals surface area contributed by atoms with Gasteiger partial charge in [-0.2, -0.15) is 0 Å². The molecule has 2 aromatic rings. The Morgan fingerprint density at radius 1 is 1.04 bits per heavy atom. The summed E-state index contributed by atoms with van der Waals surface area (Å²) in [5, 5.41) is 12.9. The number of amides is 2. The standard InChI is InChI=1S/C18H14Cl2N2O4/c19-11-1-4-13(5-2-11)26-16-6-3-12(20)9-14(16)21-15-10-17(24)22(7-8-23)18(15)25/h1-6,9-10,21,23H,7-8H2. The van der Waals surface area contributed by atoms with Crippen molar-refractivity contribution in [2.24, 2.45) is 0 Å². The lowest BCUT2D eigenvalue weighted by molar-refractivity contribution is -0.137. The molecular formula is C18H14Cl2N2O4. The maximum Gasteiger partial charge on any atom is 0.277 e. The third-order valence-electron chi connectivity index (χ3n) is 3.59. The Balaban J connectivity index is 1.85. The Labute approximate surface area is 159 Å². The van der Waals surface area contributed by atoms with E-state index in [1.807, 2.05) is 0 Å². The van der Waals surface area contributed by atoms with Crippen molar-refractivity contribution in [3.05, 3.63) is 64.3 Å². The van der Waals surface area contributed by atoms with Gasteiger partial charge in [0.15, 0.2) is 5.75 Å². The molecule has 0 aromatic heterocycles. The number of ether oxygens (including phenoxy) is 1. The predicted octanol–water partition coefficient (Wildman–Crippen LogP) is 3.44. The Morgan fingerprint density at radius 2 is 1.73 bits per heavy atom. The number of halogens is 2. The van der Waals surface area contributed by atoms with Crippen LogP contribution in [-0.2, 0) is 9.59 Å². The van der Waals surface area contributed by atoms with E-state index in [2.05, 4.69) is 5.32 Å². The predicted molar refractivity (Wildman–Crippen MR) is 98.5 cm³/mol. The maximum absolute atomic E-state index is 12.3. The highest BCUT2D eigenvalue weighted by Gasteiger charge is 2.31. The van der Waals surface area contributed by atoms with Crippen LogP contribution < -0.4 is 10.1 Å². The minimum Gasteiger partial charge on any atom is -0.455 e. The second-order valence-corrected chi connectivity index (χ2v) is 6.27. The smallest absolute Gasteiger partial charge is 0.277 e. The van der Waals surface area contributed by atoms with Crippen LogP contribution in [0, 0.1) is 0 Å². The maximum atomic E-state index is 12.3. The molecule has 0 spiro atoms. The van der Waals surface area contributed by atoms with E-state index in [-0.39, 0.29) is 18.8 Å². The van der Waals surface area contributed by atoms with Crippen LogP contribution in [0.2, 0.25) is 10.0 Å². The van der Waals surface area contributed by atoms with E-state index in [1.54, 1.807) is 42.5 Å². The molecule has 0 atom stereocenters. The first-order valence-corrected chi connectivity index (χ1v) is 8.42. The van der Waals surface area contributed by atoms with Gasteiger partial charge in [-0.05, 0) is 42.5 Å². The summed E-state index contributed by atoms with van der Waals surface area (Å²) in [6.07, 6.45) is 1.17. The van der Waals surface area contributed by atoms with Crippen LogP contribution >= 0.6 is 23.2 Å². The van der Waals surface area contributed by atoms with E-state index >= 15 is 0 Å². The number of hydrogen-bond donors (Lipinski definition) is 2. The van der Waals surface area contributed by atoms with Gasteiger partial charge < -0.3 is 15.2 Å². The first-order valence-electron chi connectivity index (χ1n) is 7.66. The number of carbonyl (C=O) groups is 2. The molecule has 0 unspecified atom stereocenters. The second-order valence-electron chi connectivity index (χ2n) is 5.40. The average Bonchev–Trinajstić information content (AvgIpc) is 2.87. The summed E-state index contributed by atoms with van der Waals surface area (Å²) in [6, 6.07) is 11.7. The molecule has 8 heteroatoms. The normalized spacial score (nSPS) is 13.8. The number of aliphatic hydroxyl groups is 1. The van der Waals surface area contributed by atoms with Gasteiger partial charge in [-0.1, -0.05) is 23.2 Å². The number of imide groups is 1. The number of nitrogens with zero attached hydrogens (tertiary/aromatic N) is 1. The highest BCUT2D eigenvalue weighted by molar-refractivity contribution is 6.31. The Morgan fingerprint density at radius 3 is 2.42 bits per heavy atom. The molecule has 1 heterocycles. The number of benzene rings is 2. The highest BCUT2D eigenvalue weighted by atomic mass is 35.5. The first-order chi connectivity index (χ1) is 12.5. The molecular weight excluding hydrogens is 379 g/mol. The fraction of sp³-hybridized carbons (Fsp3) is 0.111. The van der Waals surface area contributed by atoms with Crippen molar-refractivity contribution in [2.75, 3.05) is 18.5 Å². The fourth-order valence-electron chi connectivity index (χ4n) is 2.37. The summed E-state index contributed by atoms with van der Waals surface area (Å²) in [6.45, 7) is -0.371. The molecule has 0 fully saturated rings. The third kappa shape index (κ3) is 3.99. The number of rotatable bonds is 6. The lowest BCUT2D eigenvalue weighted by Crippen LogP contribution is -2.34. The van der Waals surface area contributed by atoms with Crippen LogP contribution in [0.1, 0.15) is 0 Å². The molecule has 0 saturated carbocycles. The van der Waals surface area contributed by atoms with E-state index in [9.17, 15) is 9.59 Å². The Hall–Kier alpha value is -2.54. The molecule has 1 aliphatic heterocycles. The van der Waals surface area contributed by atoms with Crippen molar-refractivity contribution in [3.63, 3.8) is 0 Å². The first kappa shape index (κ1) is 18.3. The number of anilines is 1. The van der Waals surface area contributed by atoms with Crippen LogP contribution in [0.3, 0.4) is 0 Å². The topological polar surface area (TPSA) is 78.9 Å². The number of β-amino-alcohol motifs (C(OH)–C–C–N with tert-alkyl or cyclic N) is 1. The van der Waals surface area contributed by atoms with Gasteiger partial charge in [0.25, 0.3) is 11.8 Å². The van der Waals surface area contributed by atoms with E-state index < -0.39 is 11.8 Å². The summed E-state index contributed by atoms with van der Waals surface area (Å²) in [5.74, 6) is -0.0572. The molecule has 134 valence electrons. The van der Waals surface area contributed by atoms with Crippen molar-refractivity contribution >= 4 is 40.7 Å². The molecule has 2 N–H and O–H groups in total. The molecule has 26 heavy (non-hydrogen) atoms. The van der Waals surface area contributed by atoms with Crippen molar-refractivity contribution in [1.29, 1.82) is 0 Å². The molecule has 1 aliphatic rings. The molecule has 6 nitrogen and oxygen atoms in total. The minimum atomic E-state index is -0.526. The van der Waals surface area contributed by atoms with Crippen molar-refractivity contribution in [3.8, 4) is 11.5 Å². The van der Waals surface area contributed by atoms with Gasteiger partial charge in [-0.25, -0.2) is 0 Å². The molecule has 2 amide bonds. The van der Waals surface area contributed by atoms with Gasteiger partial charge in [0.2, 0.25) is 0 Å². The largest absolute Gasteiger partial charge is 0.455 e. The summed E-state index contributed by atoms with van der Waals surface area (Å²) < 4.78 is 5.81. The van der Waals surface area contributed by atoms with Crippen LogP contribution in [0.25, 0.3) is 0 Å². The van der Waals surface area contributed by atoms with Gasteiger partial charge in [0.05, 0.1) is 18.8 Å². The number of aliphatic hydroxyl groups excluding tert-OH is 1. The van der Waals surface area contributed by atoms with Gasteiger partial charge in [0.1, 0.15) is 11.4 Å². The van der Waals surface area contributed by atoms with Crippen LogP contribution in [-0.4, -0.2) is 35.0 Å². The summed E-state index contributed by atoms with van der Waals surface area (Å²) in [5.41, 5.74) is 0.498. The van der Waals surface area contributed by atoms with E-state index in [4.69, 9.17) is 33.0 Å². The molecule has 3 rings (SSSR count). The lowest BCUT2D eigenvalue weighted by Gasteiger charge is -2.15. The SMILES string of the molecule is O=C1C=C(Nc2cc(Cl)ccc2Oc2ccc(Cl)cc2)C(=O)N1CCO. The van der Waals surface area contributed by atoms with Gasteiger partial charge in [-0.3, -0.25) is 14.5 Å². The third-order valence-corrected chi connectivity index (χ3v) is 4.07. The minimum absolute atomic E-state index is 0.0664. The monoisotopic (exact) mass is 392 g/mol. The van der Waals surface area contributed by atoms with E-state index in [0.29, 0.717) is 27.2 Å². The Bertz CT molecular complexity index is 881. The number of carbonyl (C=O) groups excluding carboxylic acids is 2. The number of nitrogens with one attached hydrogen (secondary N) is 1.